The number of nitrogens with zero attached hydrogens (tertiary/aromatic N) is 1. The highest BCUT2D eigenvalue weighted by atomic mass is 35.5. The Morgan fingerprint density at radius 3 is 2.72 bits per heavy atom. The Balaban J connectivity index is 2.64. The van der Waals surface area contributed by atoms with E-state index in [-0.39, 0.29) is 10.8 Å². The van der Waals surface area contributed by atoms with Crippen molar-refractivity contribution in [1.29, 1.82) is 0 Å². The maximum absolute atomic E-state index is 12.0. The largest absolute Gasteiger partial charge is 0.281 e. The summed E-state index contributed by atoms with van der Waals surface area (Å²) in [6.07, 6.45) is 4.14. The molecule has 1 rings (SSSR count). The molecule has 0 aliphatic heterocycles. The van der Waals surface area contributed by atoms with Gasteiger partial charge >= 0.3 is 0 Å². The third-order valence-corrected chi connectivity index (χ3v) is 4.61. The van der Waals surface area contributed by atoms with Crippen molar-refractivity contribution in [1.82, 2.24) is 14.9 Å². The number of H-pyrrole nitrogens is 1. The highest BCUT2D eigenvalue weighted by molar-refractivity contribution is 7.89. The molecule has 18 heavy (non-hydrogen) atoms. The number of sulfonamides is 1. The van der Waals surface area contributed by atoms with Crippen LogP contribution in [0.1, 0.15) is 31.9 Å². The number of aryl methyl sites for hydroxylation is 1. The van der Waals surface area contributed by atoms with Crippen LogP contribution < -0.4 is 4.72 Å². The van der Waals surface area contributed by atoms with Crippen LogP contribution in [0.2, 0.25) is 0 Å². The van der Waals surface area contributed by atoms with Crippen molar-refractivity contribution in [3.05, 3.63) is 11.9 Å². The molecule has 0 spiro atoms. The third kappa shape index (κ3) is 4.26. The molecule has 0 amide bonds. The van der Waals surface area contributed by atoms with Crippen LogP contribution in [0.5, 0.6) is 0 Å². The van der Waals surface area contributed by atoms with E-state index in [1.807, 2.05) is 0 Å². The lowest BCUT2D eigenvalue weighted by molar-refractivity contribution is 0.457. The van der Waals surface area contributed by atoms with Crippen LogP contribution in [0.4, 0.5) is 0 Å². The SMILES string of the molecule is CCCC(CCCl)CNS(=O)(=O)c1cn[nH]c1C. The van der Waals surface area contributed by atoms with Crippen LogP contribution in [0, 0.1) is 12.8 Å². The number of hydrogen-bond donors (Lipinski definition) is 2. The molecule has 7 heteroatoms. The van der Waals surface area contributed by atoms with E-state index in [2.05, 4.69) is 21.8 Å². The van der Waals surface area contributed by atoms with Crippen LogP contribution in [-0.2, 0) is 10.0 Å². The molecule has 1 heterocycles. The molecular formula is C11H20ClN3O2S. The van der Waals surface area contributed by atoms with Gasteiger partial charge in [0.15, 0.2) is 0 Å². The van der Waals surface area contributed by atoms with E-state index >= 15 is 0 Å². The van der Waals surface area contributed by atoms with E-state index in [1.54, 1.807) is 6.92 Å². The van der Waals surface area contributed by atoms with Gasteiger partial charge in [0.25, 0.3) is 0 Å². The highest BCUT2D eigenvalue weighted by Gasteiger charge is 2.19. The second kappa shape index (κ2) is 7.11. The van der Waals surface area contributed by atoms with Gasteiger partial charge < -0.3 is 0 Å². The van der Waals surface area contributed by atoms with Crippen LogP contribution >= 0.6 is 11.6 Å². The number of hydrogen-bond acceptors (Lipinski definition) is 3. The molecular weight excluding hydrogens is 274 g/mol. The third-order valence-electron chi connectivity index (χ3n) is 2.85. The average molecular weight is 294 g/mol. The number of aromatic amines is 1. The van der Waals surface area contributed by atoms with Gasteiger partial charge in [-0.15, -0.1) is 11.6 Å². The number of aromatic nitrogens is 2. The number of alkyl halides is 1. The molecule has 104 valence electrons. The van der Waals surface area contributed by atoms with Gasteiger partial charge in [0.05, 0.1) is 11.9 Å². The second-order valence-electron chi connectivity index (χ2n) is 4.34. The van der Waals surface area contributed by atoms with Crippen molar-refractivity contribution in [2.24, 2.45) is 5.92 Å². The summed E-state index contributed by atoms with van der Waals surface area (Å²) in [4.78, 5) is 0.212. The first-order valence-corrected chi connectivity index (χ1v) is 8.08. The lowest BCUT2D eigenvalue weighted by atomic mass is 10.0. The minimum absolute atomic E-state index is 0.212. The van der Waals surface area contributed by atoms with Crippen molar-refractivity contribution >= 4 is 21.6 Å². The topological polar surface area (TPSA) is 74.8 Å². The molecule has 0 radical (unpaired) electrons. The van der Waals surface area contributed by atoms with Gasteiger partial charge in [-0.3, -0.25) is 5.10 Å². The van der Waals surface area contributed by atoms with E-state index in [9.17, 15) is 8.42 Å². The Bertz CT molecular complexity index is 453. The van der Waals surface area contributed by atoms with E-state index in [4.69, 9.17) is 11.6 Å². The number of halogens is 1. The van der Waals surface area contributed by atoms with Crippen molar-refractivity contribution in [2.45, 2.75) is 38.0 Å². The van der Waals surface area contributed by atoms with Crippen molar-refractivity contribution < 1.29 is 8.42 Å². The van der Waals surface area contributed by atoms with Crippen LogP contribution in [0.25, 0.3) is 0 Å². The maximum atomic E-state index is 12.0. The van der Waals surface area contributed by atoms with E-state index < -0.39 is 10.0 Å². The van der Waals surface area contributed by atoms with Gasteiger partial charge in [0.1, 0.15) is 4.90 Å². The van der Waals surface area contributed by atoms with Gasteiger partial charge in [-0.05, 0) is 25.7 Å². The molecule has 1 aromatic rings. The predicted molar refractivity (Wildman–Crippen MR) is 72.2 cm³/mol. The molecule has 0 saturated heterocycles. The fraction of sp³-hybridized carbons (Fsp3) is 0.727. The zero-order chi connectivity index (χ0) is 13.6. The van der Waals surface area contributed by atoms with E-state index in [1.165, 1.54) is 6.20 Å². The fourth-order valence-electron chi connectivity index (χ4n) is 1.83. The lowest BCUT2D eigenvalue weighted by Gasteiger charge is -2.15. The molecule has 0 aromatic carbocycles. The molecule has 1 aromatic heterocycles. The lowest BCUT2D eigenvalue weighted by Crippen LogP contribution is -2.30. The fourth-order valence-corrected chi connectivity index (χ4v) is 3.39. The number of nitrogens with one attached hydrogen (secondary N) is 2. The van der Waals surface area contributed by atoms with E-state index in [0.717, 1.165) is 19.3 Å². The summed E-state index contributed by atoms with van der Waals surface area (Å²) in [7, 11) is -3.47. The summed E-state index contributed by atoms with van der Waals surface area (Å²) in [5.41, 5.74) is 0.548. The van der Waals surface area contributed by atoms with E-state index in [0.29, 0.717) is 18.1 Å². The molecule has 0 aliphatic carbocycles. The Morgan fingerprint density at radius 2 is 2.22 bits per heavy atom. The summed E-state index contributed by atoms with van der Waals surface area (Å²) in [6.45, 7) is 4.19. The molecule has 5 nitrogen and oxygen atoms in total. The quantitative estimate of drug-likeness (QED) is 0.720. The molecule has 0 bridgehead atoms. The standard InChI is InChI=1S/C11H20ClN3O2S/c1-3-4-10(5-6-12)7-14-18(16,17)11-8-13-15-9(11)2/h8,10,14H,3-7H2,1-2H3,(H,13,15). The van der Waals surface area contributed by atoms with Crippen LogP contribution in [0.15, 0.2) is 11.1 Å². The predicted octanol–water partition coefficient (Wildman–Crippen LogP) is 2.04. The Labute approximate surface area is 113 Å². The maximum Gasteiger partial charge on any atom is 0.243 e. The van der Waals surface area contributed by atoms with Crippen LogP contribution in [0.3, 0.4) is 0 Å². The summed E-state index contributed by atoms with van der Waals surface area (Å²) in [5.74, 6) is 0.839. The average Bonchev–Trinajstić information content (AvgIpc) is 2.74. The molecule has 0 aliphatic rings. The van der Waals surface area contributed by atoms with Crippen molar-refractivity contribution in [3.8, 4) is 0 Å². The minimum Gasteiger partial charge on any atom is -0.281 e. The summed E-state index contributed by atoms with van der Waals surface area (Å²) in [6, 6.07) is 0. The van der Waals surface area contributed by atoms with Gasteiger partial charge in [-0.25, -0.2) is 13.1 Å². The second-order valence-corrected chi connectivity index (χ2v) is 6.46. The zero-order valence-electron chi connectivity index (χ0n) is 10.7. The summed E-state index contributed by atoms with van der Waals surface area (Å²) in [5, 5.41) is 6.34. The van der Waals surface area contributed by atoms with Gasteiger partial charge in [-0.1, -0.05) is 13.3 Å². The highest BCUT2D eigenvalue weighted by Crippen LogP contribution is 2.14. The Hall–Kier alpha value is -0.590. The molecule has 2 N–H and O–H groups in total. The molecule has 0 fully saturated rings. The van der Waals surface area contributed by atoms with Gasteiger partial charge in [-0.2, -0.15) is 5.10 Å². The molecule has 1 atom stereocenters. The van der Waals surface area contributed by atoms with Crippen LogP contribution in [-0.4, -0.2) is 31.0 Å². The number of rotatable bonds is 8. The molecule has 1 unspecified atom stereocenters. The minimum atomic E-state index is -3.47. The monoisotopic (exact) mass is 293 g/mol. The first-order chi connectivity index (χ1) is 8.51. The smallest absolute Gasteiger partial charge is 0.243 e. The first-order valence-electron chi connectivity index (χ1n) is 6.06. The zero-order valence-corrected chi connectivity index (χ0v) is 12.3. The van der Waals surface area contributed by atoms with Gasteiger partial charge in [0.2, 0.25) is 10.0 Å². The van der Waals surface area contributed by atoms with Gasteiger partial charge in [0, 0.05) is 12.4 Å². The summed E-state index contributed by atoms with van der Waals surface area (Å²) < 4.78 is 26.7. The van der Waals surface area contributed by atoms with Crippen molar-refractivity contribution in [3.63, 3.8) is 0 Å². The first kappa shape index (κ1) is 15.5. The Morgan fingerprint density at radius 1 is 1.50 bits per heavy atom. The Kier molecular flexibility index (Phi) is 6.11. The molecule has 0 saturated carbocycles. The normalized spacial score (nSPS) is 13.7. The summed E-state index contributed by atoms with van der Waals surface area (Å²) >= 11 is 5.71. The van der Waals surface area contributed by atoms with Crippen molar-refractivity contribution in [2.75, 3.05) is 12.4 Å².